The van der Waals surface area contributed by atoms with Crippen LogP contribution in [0.25, 0.3) is 0 Å². The van der Waals surface area contributed by atoms with E-state index in [9.17, 15) is 13.8 Å². The first-order valence-electron chi connectivity index (χ1n) is 3.45. The van der Waals surface area contributed by atoms with E-state index in [2.05, 4.69) is 0 Å². The van der Waals surface area contributed by atoms with Crippen molar-refractivity contribution in [3.63, 3.8) is 0 Å². The Kier molecular flexibility index (Phi) is 5.24. The standard InChI is InChI=1S/C6H10O6S/c7-5(8)2-1-4(6(9)10)3-13(11)12/h4H,1-3H2,(H,7,8)(H,9,10)(H,11,12). The van der Waals surface area contributed by atoms with Crippen LogP contribution in [0.4, 0.5) is 0 Å². The fourth-order valence-electron chi connectivity index (χ4n) is 0.748. The van der Waals surface area contributed by atoms with Crippen molar-refractivity contribution in [2.75, 3.05) is 5.75 Å². The summed E-state index contributed by atoms with van der Waals surface area (Å²) in [6.45, 7) is 0. The van der Waals surface area contributed by atoms with Crippen molar-refractivity contribution in [2.24, 2.45) is 5.92 Å². The van der Waals surface area contributed by atoms with Gasteiger partial charge in [0.1, 0.15) is 0 Å². The highest BCUT2D eigenvalue weighted by atomic mass is 32.2. The van der Waals surface area contributed by atoms with E-state index in [1.165, 1.54) is 0 Å². The lowest BCUT2D eigenvalue weighted by Crippen LogP contribution is -2.21. The Bertz CT molecular complexity index is 225. The van der Waals surface area contributed by atoms with Crippen LogP contribution >= 0.6 is 0 Å². The molecule has 0 saturated carbocycles. The van der Waals surface area contributed by atoms with E-state index in [0.29, 0.717) is 0 Å². The molecule has 7 heteroatoms. The molecule has 0 aromatic rings. The summed E-state index contributed by atoms with van der Waals surface area (Å²) in [6, 6.07) is 0. The molecule has 0 fully saturated rings. The lowest BCUT2D eigenvalue weighted by Gasteiger charge is -2.07. The molecule has 0 amide bonds. The predicted molar refractivity (Wildman–Crippen MR) is 43.6 cm³/mol. The van der Waals surface area contributed by atoms with Crippen LogP contribution in [0.1, 0.15) is 12.8 Å². The summed E-state index contributed by atoms with van der Waals surface area (Å²) in [5, 5.41) is 16.7. The number of carboxylic acid groups (broad SMARTS) is 2. The maximum absolute atomic E-state index is 10.4. The van der Waals surface area contributed by atoms with E-state index in [-0.39, 0.29) is 12.8 Å². The smallest absolute Gasteiger partial charge is 0.307 e. The van der Waals surface area contributed by atoms with Crippen molar-refractivity contribution >= 4 is 23.0 Å². The van der Waals surface area contributed by atoms with Crippen LogP contribution in [0.2, 0.25) is 0 Å². The molecule has 0 rings (SSSR count). The van der Waals surface area contributed by atoms with Crippen molar-refractivity contribution in [1.29, 1.82) is 0 Å². The van der Waals surface area contributed by atoms with Gasteiger partial charge in [0.05, 0.1) is 11.7 Å². The second kappa shape index (κ2) is 5.65. The van der Waals surface area contributed by atoms with Crippen molar-refractivity contribution in [2.45, 2.75) is 12.8 Å². The van der Waals surface area contributed by atoms with Crippen LogP contribution in [-0.4, -0.2) is 36.7 Å². The van der Waals surface area contributed by atoms with Gasteiger partial charge in [-0.05, 0) is 6.42 Å². The van der Waals surface area contributed by atoms with Gasteiger partial charge in [-0.15, -0.1) is 0 Å². The maximum atomic E-state index is 10.4. The molecule has 0 saturated heterocycles. The van der Waals surface area contributed by atoms with Crippen molar-refractivity contribution in [3.8, 4) is 0 Å². The molecule has 3 N–H and O–H groups in total. The Hall–Kier alpha value is -0.950. The summed E-state index contributed by atoms with van der Waals surface area (Å²) in [4.78, 5) is 20.5. The molecule has 6 nitrogen and oxygen atoms in total. The fraction of sp³-hybridized carbons (Fsp3) is 0.667. The quantitative estimate of drug-likeness (QED) is 0.522. The normalized spacial score (nSPS) is 14.8. The molecule has 0 spiro atoms. The second-order valence-corrected chi connectivity index (χ2v) is 3.43. The first-order chi connectivity index (χ1) is 5.93. The van der Waals surface area contributed by atoms with Gasteiger partial charge in [0.15, 0.2) is 11.1 Å². The Balaban J connectivity index is 4.02. The molecule has 0 aliphatic carbocycles. The summed E-state index contributed by atoms with van der Waals surface area (Å²) in [5.41, 5.74) is 0. The molecular formula is C6H10O6S. The van der Waals surface area contributed by atoms with E-state index < -0.39 is 34.7 Å². The van der Waals surface area contributed by atoms with E-state index in [1.807, 2.05) is 0 Å². The van der Waals surface area contributed by atoms with Crippen LogP contribution in [0.5, 0.6) is 0 Å². The molecule has 76 valence electrons. The van der Waals surface area contributed by atoms with Gasteiger partial charge in [0, 0.05) is 6.42 Å². The van der Waals surface area contributed by atoms with E-state index in [1.54, 1.807) is 0 Å². The third kappa shape index (κ3) is 6.23. The highest BCUT2D eigenvalue weighted by Crippen LogP contribution is 2.08. The average Bonchev–Trinajstić information content (AvgIpc) is 1.96. The average molecular weight is 210 g/mol. The Morgan fingerprint density at radius 1 is 1.31 bits per heavy atom. The van der Waals surface area contributed by atoms with Gasteiger partial charge in [-0.1, -0.05) is 0 Å². The largest absolute Gasteiger partial charge is 0.481 e. The second-order valence-electron chi connectivity index (χ2n) is 2.46. The van der Waals surface area contributed by atoms with Gasteiger partial charge in [-0.25, -0.2) is 4.21 Å². The van der Waals surface area contributed by atoms with Gasteiger partial charge >= 0.3 is 11.9 Å². The summed E-state index contributed by atoms with van der Waals surface area (Å²) < 4.78 is 18.7. The number of hydrogen-bond donors (Lipinski definition) is 3. The molecule has 0 aliphatic heterocycles. The van der Waals surface area contributed by atoms with Crippen LogP contribution in [0.15, 0.2) is 0 Å². The van der Waals surface area contributed by atoms with Gasteiger partial charge < -0.3 is 14.8 Å². The molecule has 0 aliphatic rings. The molecule has 0 radical (unpaired) electrons. The number of rotatable bonds is 6. The minimum absolute atomic E-state index is 0.128. The number of carboxylic acids is 2. The fourth-order valence-corrected chi connectivity index (χ4v) is 1.40. The molecule has 0 heterocycles. The third-order valence-electron chi connectivity index (χ3n) is 1.40. The molecule has 13 heavy (non-hydrogen) atoms. The predicted octanol–water partition coefficient (Wildman–Crippen LogP) is -0.226. The van der Waals surface area contributed by atoms with Crippen LogP contribution < -0.4 is 0 Å². The summed E-state index contributed by atoms with van der Waals surface area (Å²) in [5.74, 6) is -3.86. The molecule has 2 atom stereocenters. The Labute approximate surface area is 76.9 Å². The summed E-state index contributed by atoms with van der Waals surface area (Å²) >= 11 is -2.20. The van der Waals surface area contributed by atoms with Crippen molar-refractivity contribution in [1.82, 2.24) is 0 Å². The minimum Gasteiger partial charge on any atom is -0.481 e. The molecule has 2 unspecified atom stereocenters. The van der Waals surface area contributed by atoms with Gasteiger partial charge in [0.2, 0.25) is 0 Å². The van der Waals surface area contributed by atoms with Gasteiger partial charge in [0.25, 0.3) is 0 Å². The zero-order chi connectivity index (χ0) is 10.4. The molecule has 0 aromatic carbocycles. The number of carbonyl (C=O) groups is 2. The highest BCUT2D eigenvalue weighted by Gasteiger charge is 2.20. The molecule has 0 bridgehead atoms. The number of hydrogen-bond acceptors (Lipinski definition) is 3. The third-order valence-corrected chi connectivity index (χ3v) is 2.09. The topological polar surface area (TPSA) is 112 Å². The van der Waals surface area contributed by atoms with E-state index in [4.69, 9.17) is 14.8 Å². The lowest BCUT2D eigenvalue weighted by molar-refractivity contribution is -0.142. The van der Waals surface area contributed by atoms with Gasteiger partial charge in [-0.2, -0.15) is 0 Å². The summed E-state index contributed by atoms with van der Waals surface area (Å²) in [6.07, 6.45) is -0.439. The Morgan fingerprint density at radius 3 is 2.15 bits per heavy atom. The van der Waals surface area contributed by atoms with Crippen molar-refractivity contribution in [3.05, 3.63) is 0 Å². The zero-order valence-electron chi connectivity index (χ0n) is 6.67. The Morgan fingerprint density at radius 2 is 1.85 bits per heavy atom. The zero-order valence-corrected chi connectivity index (χ0v) is 7.49. The number of aliphatic carboxylic acids is 2. The minimum atomic E-state index is -2.20. The van der Waals surface area contributed by atoms with E-state index in [0.717, 1.165) is 0 Å². The molecule has 0 aromatic heterocycles. The van der Waals surface area contributed by atoms with Crippen LogP contribution in [-0.2, 0) is 20.7 Å². The first-order valence-corrected chi connectivity index (χ1v) is 4.73. The monoisotopic (exact) mass is 210 g/mol. The van der Waals surface area contributed by atoms with Crippen LogP contribution in [0.3, 0.4) is 0 Å². The highest BCUT2D eigenvalue weighted by molar-refractivity contribution is 7.79. The van der Waals surface area contributed by atoms with E-state index >= 15 is 0 Å². The van der Waals surface area contributed by atoms with Gasteiger partial charge in [-0.3, -0.25) is 9.59 Å². The lowest BCUT2D eigenvalue weighted by atomic mass is 10.1. The van der Waals surface area contributed by atoms with Crippen LogP contribution in [0, 0.1) is 5.92 Å². The molecular weight excluding hydrogens is 200 g/mol. The SMILES string of the molecule is O=C(O)CCC(CS(=O)O)C(=O)O. The summed E-state index contributed by atoms with van der Waals surface area (Å²) in [7, 11) is 0. The van der Waals surface area contributed by atoms with Crippen molar-refractivity contribution < 1.29 is 28.6 Å². The maximum Gasteiger partial charge on any atom is 0.307 e. The first kappa shape index (κ1) is 12.0.